The molecule has 2 N–H and O–H groups in total. The van der Waals surface area contributed by atoms with E-state index in [4.69, 9.17) is 0 Å². The van der Waals surface area contributed by atoms with Crippen molar-refractivity contribution in [3.05, 3.63) is 42.2 Å². The Morgan fingerprint density at radius 3 is 3.00 bits per heavy atom. The maximum atomic E-state index is 4.21. The number of nitrogens with zero attached hydrogens (tertiary/aromatic N) is 3. The van der Waals surface area contributed by atoms with Crippen molar-refractivity contribution in [3.63, 3.8) is 0 Å². The molecule has 0 saturated heterocycles. The molecule has 0 amide bonds. The van der Waals surface area contributed by atoms with E-state index < -0.39 is 0 Å². The molecule has 0 saturated carbocycles. The van der Waals surface area contributed by atoms with E-state index >= 15 is 0 Å². The molecule has 0 unspecified atom stereocenters. The highest BCUT2D eigenvalue weighted by atomic mass is 79.9. The quantitative estimate of drug-likeness (QED) is 0.784. The van der Waals surface area contributed by atoms with Crippen LogP contribution in [0, 0.1) is 0 Å². The highest BCUT2D eigenvalue weighted by Gasteiger charge is 2.21. The van der Waals surface area contributed by atoms with E-state index in [0.29, 0.717) is 0 Å². The van der Waals surface area contributed by atoms with Gasteiger partial charge in [-0.2, -0.15) is 0 Å². The number of para-hydroxylation sites is 1. The normalized spacial score (nSPS) is 15.1. The predicted octanol–water partition coefficient (Wildman–Crippen LogP) is 1.97. The minimum Gasteiger partial charge on any atom is -0.330 e. The van der Waals surface area contributed by atoms with Crippen LogP contribution in [0.25, 0.3) is 0 Å². The molecule has 0 fully saturated rings. The predicted molar refractivity (Wildman–Crippen MR) is 65.8 cm³/mol. The number of anilines is 2. The first-order chi connectivity index (χ1) is 7.84. The Hall–Kier alpha value is -1.53. The number of imidazole rings is 1. The Kier molecular flexibility index (Phi) is 2.30. The van der Waals surface area contributed by atoms with Crippen LogP contribution in [0.2, 0.25) is 0 Å². The summed E-state index contributed by atoms with van der Waals surface area (Å²) in [6.07, 6.45) is 3.53. The van der Waals surface area contributed by atoms with Crippen molar-refractivity contribution in [1.82, 2.24) is 15.5 Å². The van der Waals surface area contributed by atoms with Crippen LogP contribution in [0.3, 0.4) is 0 Å². The maximum absolute atomic E-state index is 4.21. The molecule has 1 aliphatic heterocycles. The minimum absolute atomic E-state index is 0.770. The minimum atomic E-state index is 0.770. The van der Waals surface area contributed by atoms with Crippen molar-refractivity contribution >= 4 is 27.8 Å². The molecule has 0 bridgehead atoms. The number of fused-ring (bicyclic) bond motifs is 1. The third-order valence-electron chi connectivity index (χ3n) is 2.48. The van der Waals surface area contributed by atoms with Crippen molar-refractivity contribution in [2.24, 2.45) is 0 Å². The summed E-state index contributed by atoms with van der Waals surface area (Å²) in [6, 6.07) is 8.19. The maximum Gasteiger partial charge on any atom is 0.219 e. The third kappa shape index (κ3) is 1.56. The van der Waals surface area contributed by atoms with Gasteiger partial charge in [-0.3, -0.25) is 5.01 Å². The van der Waals surface area contributed by atoms with Crippen LogP contribution in [-0.2, 0) is 6.54 Å². The number of aromatic amines is 1. The van der Waals surface area contributed by atoms with E-state index in [2.05, 4.69) is 43.8 Å². The molecule has 6 heteroatoms. The second kappa shape index (κ2) is 3.80. The first kappa shape index (κ1) is 9.68. The smallest absolute Gasteiger partial charge is 0.219 e. The van der Waals surface area contributed by atoms with Crippen LogP contribution in [0.15, 0.2) is 36.7 Å². The van der Waals surface area contributed by atoms with Gasteiger partial charge in [0, 0.05) is 12.4 Å². The molecule has 3 rings (SSSR count). The van der Waals surface area contributed by atoms with E-state index in [-0.39, 0.29) is 0 Å². The summed E-state index contributed by atoms with van der Waals surface area (Å²) in [5.41, 5.74) is 5.51. The highest BCUT2D eigenvalue weighted by molar-refractivity contribution is 9.10. The molecular weight excluding hydrogens is 270 g/mol. The molecule has 1 aliphatic rings. The Labute approximate surface area is 101 Å². The van der Waals surface area contributed by atoms with Gasteiger partial charge in [0.2, 0.25) is 5.95 Å². The topological polar surface area (TPSA) is 47.2 Å². The lowest BCUT2D eigenvalue weighted by molar-refractivity contribution is 0.618. The molecule has 5 nitrogen and oxygen atoms in total. The fraction of sp³-hybridized carbons (Fsp3) is 0.100. The number of rotatable bonds is 1. The van der Waals surface area contributed by atoms with Crippen molar-refractivity contribution in [2.45, 2.75) is 6.54 Å². The Morgan fingerprint density at radius 2 is 2.19 bits per heavy atom. The summed E-state index contributed by atoms with van der Waals surface area (Å²) in [6.45, 7) is 0.770. The molecule has 0 radical (unpaired) electrons. The highest BCUT2D eigenvalue weighted by Crippen LogP contribution is 2.27. The summed E-state index contributed by atoms with van der Waals surface area (Å²) >= 11 is 3.45. The molecule has 82 valence electrons. The van der Waals surface area contributed by atoms with Gasteiger partial charge in [0.15, 0.2) is 0 Å². The van der Waals surface area contributed by atoms with Crippen molar-refractivity contribution in [2.75, 3.05) is 9.04 Å². The van der Waals surface area contributed by atoms with Crippen LogP contribution in [-0.4, -0.2) is 9.97 Å². The van der Waals surface area contributed by atoms with Crippen molar-refractivity contribution in [3.8, 4) is 0 Å². The van der Waals surface area contributed by atoms with Crippen LogP contribution in [0.5, 0.6) is 0 Å². The first-order valence-corrected chi connectivity index (χ1v) is 5.62. The van der Waals surface area contributed by atoms with E-state index in [1.807, 2.05) is 17.1 Å². The number of halogens is 1. The van der Waals surface area contributed by atoms with Crippen LogP contribution in [0.4, 0.5) is 11.6 Å². The zero-order valence-corrected chi connectivity index (χ0v) is 9.98. The van der Waals surface area contributed by atoms with Crippen molar-refractivity contribution < 1.29 is 0 Å². The van der Waals surface area contributed by atoms with Gasteiger partial charge in [0.25, 0.3) is 0 Å². The largest absolute Gasteiger partial charge is 0.330 e. The zero-order valence-electron chi connectivity index (χ0n) is 8.39. The number of benzene rings is 1. The lowest BCUT2D eigenvalue weighted by atomic mass is 10.1. The van der Waals surface area contributed by atoms with Gasteiger partial charge in [0.1, 0.15) is 0 Å². The molecule has 0 atom stereocenters. The number of aromatic nitrogens is 2. The van der Waals surface area contributed by atoms with Gasteiger partial charge in [0.05, 0.1) is 28.4 Å². The molecule has 0 aliphatic carbocycles. The summed E-state index contributed by atoms with van der Waals surface area (Å²) in [5, 5.41) is 1.93. The Balaban J connectivity index is 1.95. The molecular formula is C10H10BrN5. The number of hydrogen-bond acceptors (Lipinski definition) is 4. The van der Waals surface area contributed by atoms with Gasteiger partial charge in [-0.1, -0.05) is 18.2 Å². The summed E-state index contributed by atoms with van der Waals surface area (Å²) < 4.78 is 1.80. The standard InChI is InChI=1S/C10H10BrN5/c11-16-9-4-2-1-3-8(9)7-15(14-16)10-12-5-6-13-10/h1-6,14H,7H2,(H,12,13). The van der Waals surface area contributed by atoms with Gasteiger partial charge >= 0.3 is 0 Å². The van der Waals surface area contributed by atoms with Crippen LogP contribution in [0.1, 0.15) is 5.56 Å². The van der Waals surface area contributed by atoms with Crippen LogP contribution < -0.4 is 14.6 Å². The van der Waals surface area contributed by atoms with E-state index in [0.717, 1.165) is 18.2 Å². The average Bonchev–Trinajstić information content (AvgIpc) is 2.82. The molecule has 0 spiro atoms. The summed E-state index contributed by atoms with van der Waals surface area (Å²) in [4.78, 5) is 7.27. The summed E-state index contributed by atoms with van der Waals surface area (Å²) in [5.74, 6) is 0.791. The van der Waals surface area contributed by atoms with E-state index in [1.54, 1.807) is 16.4 Å². The monoisotopic (exact) mass is 279 g/mol. The second-order valence-corrected chi connectivity index (χ2v) is 4.22. The number of hydrogen-bond donors (Lipinski definition) is 2. The van der Waals surface area contributed by atoms with E-state index in [1.165, 1.54) is 5.56 Å². The number of nitrogens with one attached hydrogen (secondary N) is 2. The SMILES string of the molecule is BrN1NN(c2ncc[nH]2)Cc2ccccc21. The first-order valence-electron chi connectivity index (χ1n) is 4.91. The van der Waals surface area contributed by atoms with Crippen LogP contribution >= 0.6 is 16.1 Å². The molecule has 16 heavy (non-hydrogen) atoms. The molecule has 2 heterocycles. The number of hydrazine groups is 2. The lowest BCUT2D eigenvalue weighted by Crippen LogP contribution is -2.49. The van der Waals surface area contributed by atoms with Gasteiger partial charge in [-0.15, -0.1) is 5.53 Å². The molecule has 2 aromatic rings. The van der Waals surface area contributed by atoms with Crippen molar-refractivity contribution in [1.29, 1.82) is 0 Å². The van der Waals surface area contributed by atoms with Gasteiger partial charge in [-0.05, 0) is 11.6 Å². The average molecular weight is 280 g/mol. The second-order valence-electron chi connectivity index (χ2n) is 3.51. The third-order valence-corrected chi connectivity index (χ3v) is 3.02. The number of H-pyrrole nitrogens is 1. The van der Waals surface area contributed by atoms with Gasteiger partial charge in [-0.25, -0.2) is 9.02 Å². The molecule has 1 aromatic carbocycles. The zero-order chi connectivity index (χ0) is 11.0. The fourth-order valence-corrected chi connectivity index (χ4v) is 2.27. The molecule has 1 aromatic heterocycles. The fourth-order valence-electron chi connectivity index (χ4n) is 1.73. The van der Waals surface area contributed by atoms with E-state index in [9.17, 15) is 0 Å². The lowest BCUT2D eigenvalue weighted by Gasteiger charge is -2.34. The Morgan fingerprint density at radius 1 is 1.31 bits per heavy atom. The summed E-state index contributed by atoms with van der Waals surface area (Å²) in [7, 11) is 0. The Bertz CT molecular complexity index is 484. The van der Waals surface area contributed by atoms with Gasteiger partial charge < -0.3 is 4.98 Å².